The van der Waals surface area contributed by atoms with Gasteiger partial charge in [0.15, 0.2) is 0 Å². The third-order valence-corrected chi connectivity index (χ3v) is 1.33. The van der Waals surface area contributed by atoms with Crippen LogP contribution in [0.3, 0.4) is 0 Å². The first-order valence-corrected chi connectivity index (χ1v) is 3.24. The number of hydrogen-bond acceptors (Lipinski definition) is 1. The van der Waals surface area contributed by atoms with Crippen molar-refractivity contribution >= 4 is 31.9 Å². The molecule has 0 aromatic carbocycles. The van der Waals surface area contributed by atoms with E-state index in [1.54, 1.807) is 0 Å². The molecule has 2 nitrogen and oxygen atoms in total. The Kier molecular flexibility index (Phi) is 1.49. The van der Waals surface area contributed by atoms with Gasteiger partial charge in [-0.05, 0) is 31.9 Å². The SMILES string of the molecule is Brc1cc(Br)[nH]n1. The van der Waals surface area contributed by atoms with Gasteiger partial charge in [-0.2, -0.15) is 5.10 Å². The number of nitrogens with zero attached hydrogens (tertiary/aromatic N) is 1. The zero-order chi connectivity index (χ0) is 5.28. The van der Waals surface area contributed by atoms with Crippen LogP contribution >= 0.6 is 31.9 Å². The van der Waals surface area contributed by atoms with Gasteiger partial charge in [0.05, 0.1) is 0 Å². The van der Waals surface area contributed by atoms with E-state index in [-0.39, 0.29) is 0 Å². The predicted molar refractivity (Wildman–Crippen MR) is 34.0 cm³/mol. The van der Waals surface area contributed by atoms with E-state index in [0.717, 1.165) is 9.21 Å². The summed E-state index contributed by atoms with van der Waals surface area (Å²) in [5.74, 6) is 0. The molecule has 1 aromatic rings. The zero-order valence-corrected chi connectivity index (χ0v) is 6.45. The summed E-state index contributed by atoms with van der Waals surface area (Å²) in [4.78, 5) is 0. The van der Waals surface area contributed by atoms with Gasteiger partial charge in [-0.25, -0.2) is 0 Å². The van der Waals surface area contributed by atoms with Crippen molar-refractivity contribution in [2.24, 2.45) is 0 Å². The molecular weight excluding hydrogens is 224 g/mol. The molecule has 0 fully saturated rings. The number of rotatable bonds is 0. The molecule has 0 radical (unpaired) electrons. The Labute approximate surface area is 57.6 Å². The molecule has 0 bridgehead atoms. The maximum Gasteiger partial charge on any atom is 0.129 e. The molecule has 0 unspecified atom stereocenters. The van der Waals surface area contributed by atoms with E-state index in [1.807, 2.05) is 6.07 Å². The highest BCUT2D eigenvalue weighted by atomic mass is 79.9. The topological polar surface area (TPSA) is 28.7 Å². The minimum Gasteiger partial charge on any atom is -0.270 e. The van der Waals surface area contributed by atoms with Crippen LogP contribution in [0.4, 0.5) is 0 Å². The maximum atomic E-state index is 3.76. The monoisotopic (exact) mass is 224 g/mol. The average molecular weight is 226 g/mol. The summed E-state index contributed by atoms with van der Waals surface area (Å²) in [6, 6.07) is 1.83. The molecule has 0 aliphatic carbocycles. The Hall–Kier alpha value is 0.170. The lowest BCUT2D eigenvalue weighted by molar-refractivity contribution is 1.05. The Morgan fingerprint density at radius 3 is 2.43 bits per heavy atom. The summed E-state index contributed by atoms with van der Waals surface area (Å²) < 4.78 is 1.71. The average Bonchev–Trinajstić information content (AvgIpc) is 1.87. The van der Waals surface area contributed by atoms with Gasteiger partial charge in [-0.3, -0.25) is 5.10 Å². The number of H-pyrrole nitrogens is 1. The standard InChI is InChI=1S/C3H2Br2N2/c4-2-1-3(5)7-6-2/h1H,(H,6,7). The Balaban J connectivity index is 3.04. The van der Waals surface area contributed by atoms with Crippen LogP contribution in [-0.4, -0.2) is 10.2 Å². The second-order valence-electron chi connectivity index (χ2n) is 1.04. The number of hydrogen-bond donors (Lipinski definition) is 1. The summed E-state index contributed by atoms with van der Waals surface area (Å²) in [6.45, 7) is 0. The molecule has 0 atom stereocenters. The van der Waals surface area contributed by atoms with E-state index in [0.29, 0.717) is 0 Å². The van der Waals surface area contributed by atoms with Crippen LogP contribution in [-0.2, 0) is 0 Å². The highest BCUT2D eigenvalue weighted by Crippen LogP contribution is 2.10. The molecule has 0 saturated carbocycles. The second kappa shape index (κ2) is 1.96. The first-order valence-electron chi connectivity index (χ1n) is 1.65. The largest absolute Gasteiger partial charge is 0.270 e. The Morgan fingerprint density at radius 2 is 2.29 bits per heavy atom. The molecule has 0 amide bonds. The molecule has 38 valence electrons. The summed E-state index contributed by atoms with van der Waals surface area (Å²) in [5.41, 5.74) is 0. The van der Waals surface area contributed by atoms with Crippen molar-refractivity contribution in [1.29, 1.82) is 0 Å². The van der Waals surface area contributed by atoms with Crippen molar-refractivity contribution in [3.63, 3.8) is 0 Å². The number of nitrogens with one attached hydrogen (secondary N) is 1. The first-order chi connectivity index (χ1) is 3.29. The molecule has 0 saturated heterocycles. The summed E-state index contributed by atoms with van der Waals surface area (Å²) in [6.07, 6.45) is 0. The lowest BCUT2D eigenvalue weighted by Gasteiger charge is -1.64. The van der Waals surface area contributed by atoms with Gasteiger partial charge in [0.25, 0.3) is 0 Å². The van der Waals surface area contributed by atoms with Crippen molar-refractivity contribution < 1.29 is 0 Å². The lowest BCUT2D eigenvalue weighted by atomic mass is 10.8. The molecule has 1 rings (SSSR count). The summed E-state index contributed by atoms with van der Waals surface area (Å²) in [7, 11) is 0. The van der Waals surface area contributed by atoms with E-state index < -0.39 is 0 Å². The van der Waals surface area contributed by atoms with Gasteiger partial charge in [0.1, 0.15) is 9.21 Å². The normalized spacial score (nSPS) is 9.43. The van der Waals surface area contributed by atoms with Gasteiger partial charge in [0, 0.05) is 6.07 Å². The van der Waals surface area contributed by atoms with Crippen molar-refractivity contribution in [3.8, 4) is 0 Å². The van der Waals surface area contributed by atoms with E-state index in [9.17, 15) is 0 Å². The highest BCUT2D eigenvalue weighted by molar-refractivity contribution is 9.11. The van der Waals surface area contributed by atoms with Crippen LogP contribution in [0.5, 0.6) is 0 Å². The maximum absolute atomic E-state index is 3.76. The van der Waals surface area contributed by atoms with Crippen LogP contribution in [0.1, 0.15) is 0 Å². The number of halogens is 2. The fraction of sp³-hybridized carbons (Fsp3) is 0. The van der Waals surface area contributed by atoms with Gasteiger partial charge >= 0.3 is 0 Å². The molecule has 1 heterocycles. The Morgan fingerprint density at radius 1 is 1.57 bits per heavy atom. The molecule has 0 aliphatic heterocycles. The zero-order valence-electron chi connectivity index (χ0n) is 3.28. The van der Waals surface area contributed by atoms with E-state index in [2.05, 4.69) is 42.1 Å². The summed E-state index contributed by atoms with van der Waals surface area (Å²) >= 11 is 6.34. The van der Waals surface area contributed by atoms with Crippen LogP contribution < -0.4 is 0 Å². The summed E-state index contributed by atoms with van der Waals surface area (Å²) in [5, 5.41) is 6.45. The fourth-order valence-electron chi connectivity index (χ4n) is 0.276. The van der Waals surface area contributed by atoms with Crippen LogP contribution in [0.25, 0.3) is 0 Å². The Bertz CT molecular complexity index is 143. The third kappa shape index (κ3) is 1.28. The van der Waals surface area contributed by atoms with Crippen LogP contribution in [0, 0.1) is 0 Å². The minimum absolute atomic E-state index is 0.819. The molecule has 1 N–H and O–H groups in total. The van der Waals surface area contributed by atoms with Crippen LogP contribution in [0.2, 0.25) is 0 Å². The lowest BCUT2D eigenvalue weighted by Crippen LogP contribution is -1.61. The smallest absolute Gasteiger partial charge is 0.129 e. The predicted octanol–water partition coefficient (Wildman–Crippen LogP) is 1.93. The van der Waals surface area contributed by atoms with Gasteiger partial charge in [-0.15, -0.1) is 0 Å². The van der Waals surface area contributed by atoms with Crippen molar-refractivity contribution in [3.05, 3.63) is 15.3 Å². The van der Waals surface area contributed by atoms with Crippen molar-refractivity contribution in [2.75, 3.05) is 0 Å². The molecular formula is C3H2Br2N2. The first kappa shape index (κ1) is 5.31. The second-order valence-corrected chi connectivity index (χ2v) is 2.71. The van der Waals surface area contributed by atoms with E-state index in [4.69, 9.17) is 0 Å². The van der Waals surface area contributed by atoms with E-state index in [1.165, 1.54) is 0 Å². The van der Waals surface area contributed by atoms with Gasteiger partial charge in [-0.1, -0.05) is 0 Å². The third-order valence-electron chi connectivity index (χ3n) is 0.515. The molecule has 4 heteroatoms. The number of aromatic nitrogens is 2. The highest BCUT2D eigenvalue weighted by Gasteiger charge is 1.88. The molecule has 0 spiro atoms. The number of aromatic amines is 1. The minimum atomic E-state index is 0.819. The fourth-order valence-corrected chi connectivity index (χ4v) is 1.21. The molecule has 7 heavy (non-hydrogen) atoms. The van der Waals surface area contributed by atoms with Crippen molar-refractivity contribution in [1.82, 2.24) is 10.2 Å². The van der Waals surface area contributed by atoms with Crippen LogP contribution in [0.15, 0.2) is 15.3 Å². The van der Waals surface area contributed by atoms with E-state index >= 15 is 0 Å². The van der Waals surface area contributed by atoms with Crippen molar-refractivity contribution in [2.45, 2.75) is 0 Å². The molecule has 0 aliphatic rings. The molecule has 1 aromatic heterocycles. The quantitative estimate of drug-likeness (QED) is 0.719. The van der Waals surface area contributed by atoms with Gasteiger partial charge < -0.3 is 0 Å². The van der Waals surface area contributed by atoms with Gasteiger partial charge in [0.2, 0.25) is 0 Å².